The van der Waals surface area contributed by atoms with E-state index in [9.17, 15) is 13.2 Å². The molecule has 1 aromatic rings. The van der Waals surface area contributed by atoms with Crippen LogP contribution in [0.15, 0.2) is 18.2 Å². The maximum atomic E-state index is 12.3. The highest BCUT2D eigenvalue weighted by Gasteiger charge is 2.23. The summed E-state index contributed by atoms with van der Waals surface area (Å²) in [6.45, 7) is 11.5. The Bertz CT molecular complexity index is 778. The number of sulfone groups is 1. The summed E-state index contributed by atoms with van der Waals surface area (Å²) in [5.41, 5.74) is 3.46. The SMILES string of the molecule is Cc1cc(CC(=O)CCCCCS(=O)(=O)C(C)C)ccc1N1C[C@@H](C)O[C@@H](C)C1. The van der Waals surface area contributed by atoms with Crippen LogP contribution < -0.4 is 4.90 Å². The number of hydrogen-bond donors (Lipinski definition) is 0. The molecule has 0 saturated carbocycles. The summed E-state index contributed by atoms with van der Waals surface area (Å²) in [5, 5.41) is -0.320. The van der Waals surface area contributed by atoms with Crippen LogP contribution in [0.2, 0.25) is 0 Å². The second-order valence-corrected chi connectivity index (χ2v) is 11.4. The lowest BCUT2D eigenvalue weighted by Gasteiger charge is -2.37. The highest BCUT2D eigenvalue weighted by molar-refractivity contribution is 7.91. The van der Waals surface area contributed by atoms with Gasteiger partial charge in [0.1, 0.15) is 5.78 Å². The third kappa shape index (κ3) is 7.41. The third-order valence-corrected chi connectivity index (χ3v) is 7.82. The first-order valence-electron chi connectivity index (χ1n) is 10.8. The van der Waals surface area contributed by atoms with E-state index < -0.39 is 9.84 Å². The summed E-state index contributed by atoms with van der Waals surface area (Å²) < 4.78 is 29.4. The zero-order valence-corrected chi connectivity index (χ0v) is 19.4. The van der Waals surface area contributed by atoms with E-state index in [0.29, 0.717) is 19.3 Å². The fraction of sp³-hybridized carbons (Fsp3) is 0.696. The molecule has 0 radical (unpaired) electrons. The molecule has 0 amide bonds. The van der Waals surface area contributed by atoms with Gasteiger partial charge >= 0.3 is 0 Å². The largest absolute Gasteiger partial charge is 0.372 e. The lowest BCUT2D eigenvalue weighted by molar-refractivity contribution is -0.118. The molecule has 6 heteroatoms. The lowest BCUT2D eigenvalue weighted by atomic mass is 10.0. The van der Waals surface area contributed by atoms with Crippen molar-refractivity contribution in [2.45, 2.75) is 84.2 Å². The first-order valence-corrected chi connectivity index (χ1v) is 12.5. The molecule has 164 valence electrons. The van der Waals surface area contributed by atoms with Crippen molar-refractivity contribution in [2.75, 3.05) is 23.7 Å². The number of ketones is 1. The Morgan fingerprint density at radius 1 is 1.14 bits per heavy atom. The molecular formula is C23H37NO4S. The molecule has 1 aliphatic rings. The Kier molecular flexibility index (Phi) is 8.71. The highest BCUT2D eigenvalue weighted by Crippen LogP contribution is 2.25. The van der Waals surface area contributed by atoms with Crippen LogP contribution >= 0.6 is 0 Å². The van der Waals surface area contributed by atoms with E-state index in [1.807, 2.05) is 0 Å². The van der Waals surface area contributed by atoms with E-state index in [4.69, 9.17) is 4.74 Å². The van der Waals surface area contributed by atoms with E-state index in [1.165, 1.54) is 11.3 Å². The number of carbonyl (C=O) groups is 1. The van der Waals surface area contributed by atoms with Crippen LogP contribution in [0.1, 0.15) is 64.5 Å². The summed E-state index contributed by atoms with van der Waals surface area (Å²) in [6, 6.07) is 6.30. The first-order chi connectivity index (χ1) is 13.6. The Hall–Kier alpha value is -1.40. The number of benzene rings is 1. The molecule has 0 spiro atoms. The monoisotopic (exact) mass is 423 g/mol. The molecule has 1 fully saturated rings. The van der Waals surface area contributed by atoms with Crippen LogP contribution in [-0.2, 0) is 25.8 Å². The van der Waals surface area contributed by atoms with Crippen molar-refractivity contribution in [3.05, 3.63) is 29.3 Å². The van der Waals surface area contributed by atoms with Crippen molar-refractivity contribution in [2.24, 2.45) is 0 Å². The second kappa shape index (κ2) is 10.6. The molecule has 2 rings (SSSR count). The summed E-state index contributed by atoms with van der Waals surface area (Å²) in [4.78, 5) is 14.7. The number of unbranched alkanes of at least 4 members (excludes halogenated alkanes) is 2. The van der Waals surface area contributed by atoms with Crippen LogP contribution in [0, 0.1) is 6.92 Å². The lowest BCUT2D eigenvalue weighted by Crippen LogP contribution is -2.45. The van der Waals surface area contributed by atoms with Crippen molar-refractivity contribution in [3.8, 4) is 0 Å². The maximum absolute atomic E-state index is 12.3. The molecule has 0 unspecified atom stereocenters. The van der Waals surface area contributed by atoms with Crippen LogP contribution in [0.4, 0.5) is 5.69 Å². The van der Waals surface area contributed by atoms with Crippen LogP contribution in [-0.4, -0.2) is 50.5 Å². The van der Waals surface area contributed by atoms with Crippen molar-refractivity contribution in [3.63, 3.8) is 0 Å². The maximum Gasteiger partial charge on any atom is 0.152 e. The Morgan fingerprint density at radius 3 is 2.38 bits per heavy atom. The average molecular weight is 424 g/mol. The van der Waals surface area contributed by atoms with Gasteiger partial charge in [-0.2, -0.15) is 0 Å². The van der Waals surface area contributed by atoms with Gasteiger partial charge in [0.15, 0.2) is 9.84 Å². The van der Waals surface area contributed by atoms with Gasteiger partial charge in [0.25, 0.3) is 0 Å². The van der Waals surface area contributed by atoms with Gasteiger partial charge in [-0.25, -0.2) is 8.42 Å². The number of aryl methyl sites for hydroxylation is 1. The number of rotatable bonds is 10. The van der Waals surface area contributed by atoms with Gasteiger partial charge in [0.2, 0.25) is 0 Å². The molecule has 2 atom stereocenters. The second-order valence-electron chi connectivity index (χ2n) is 8.72. The zero-order chi connectivity index (χ0) is 21.6. The Morgan fingerprint density at radius 2 is 1.79 bits per heavy atom. The summed E-state index contributed by atoms with van der Waals surface area (Å²) >= 11 is 0. The van der Waals surface area contributed by atoms with Crippen LogP contribution in [0.25, 0.3) is 0 Å². The molecule has 5 nitrogen and oxygen atoms in total. The number of carbonyl (C=O) groups excluding carboxylic acids is 1. The standard InChI is InChI=1S/C23H37NO4S/c1-17(2)29(26,27)12-8-6-7-9-22(25)14-21-10-11-23(18(3)13-21)24-15-19(4)28-20(5)16-24/h10-11,13,17,19-20H,6-9,12,14-16H2,1-5H3/t19-,20+. The van der Waals surface area contributed by atoms with Gasteiger partial charge in [-0.15, -0.1) is 0 Å². The van der Waals surface area contributed by atoms with Crippen molar-refractivity contribution in [1.82, 2.24) is 0 Å². The van der Waals surface area contributed by atoms with E-state index in [1.54, 1.807) is 13.8 Å². The van der Waals surface area contributed by atoms with Crippen molar-refractivity contribution < 1.29 is 17.9 Å². The van der Waals surface area contributed by atoms with Crippen LogP contribution in [0.3, 0.4) is 0 Å². The van der Waals surface area contributed by atoms with Gasteiger partial charge in [0.05, 0.1) is 23.2 Å². The van der Waals surface area contributed by atoms with Gasteiger partial charge in [0, 0.05) is 31.6 Å². The zero-order valence-electron chi connectivity index (χ0n) is 18.6. The smallest absolute Gasteiger partial charge is 0.152 e. The fourth-order valence-electron chi connectivity index (χ4n) is 3.91. The Labute approximate surface area is 176 Å². The van der Waals surface area contributed by atoms with Crippen molar-refractivity contribution in [1.29, 1.82) is 0 Å². The van der Waals surface area contributed by atoms with Gasteiger partial charge in [-0.05, 0) is 64.7 Å². The third-order valence-electron chi connectivity index (χ3n) is 5.53. The molecule has 1 heterocycles. The number of Topliss-reactive ketones (excluding diaryl/α,β-unsaturated/α-hetero) is 1. The summed E-state index contributed by atoms with van der Waals surface area (Å²) in [7, 11) is -2.97. The van der Waals surface area contributed by atoms with E-state index in [-0.39, 0.29) is 29.0 Å². The average Bonchev–Trinajstić information content (AvgIpc) is 2.60. The normalized spacial score (nSPS) is 20.3. The van der Waals surface area contributed by atoms with Crippen molar-refractivity contribution >= 4 is 21.3 Å². The predicted octanol–water partition coefficient (Wildman–Crippen LogP) is 4.10. The molecule has 0 bridgehead atoms. The van der Waals surface area contributed by atoms with Crippen LogP contribution in [0.5, 0.6) is 0 Å². The van der Waals surface area contributed by atoms with E-state index in [0.717, 1.165) is 31.5 Å². The molecule has 0 aromatic heterocycles. The summed E-state index contributed by atoms with van der Waals surface area (Å²) in [6.07, 6.45) is 3.57. The minimum atomic E-state index is -2.97. The number of hydrogen-bond acceptors (Lipinski definition) is 5. The molecule has 0 aliphatic carbocycles. The topological polar surface area (TPSA) is 63.7 Å². The van der Waals surface area contributed by atoms with Gasteiger partial charge < -0.3 is 9.64 Å². The van der Waals surface area contributed by atoms with E-state index in [2.05, 4.69) is 43.9 Å². The highest BCUT2D eigenvalue weighted by atomic mass is 32.2. The number of nitrogens with zero attached hydrogens (tertiary/aromatic N) is 1. The predicted molar refractivity (Wildman–Crippen MR) is 120 cm³/mol. The molecule has 1 saturated heterocycles. The molecular weight excluding hydrogens is 386 g/mol. The minimum Gasteiger partial charge on any atom is -0.372 e. The fourth-order valence-corrected chi connectivity index (χ4v) is 4.99. The quantitative estimate of drug-likeness (QED) is 0.530. The molecule has 1 aromatic carbocycles. The number of ether oxygens (including phenoxy) is 1. The van der Waals surface area contributed by atoms with E-state index >= 15 is 0 Å². The van der Waals surface area contributed by atoms with Gasteiger partial charge in [-0.1, -0.05) is 18.6 Å². The Balaban J connectivity index is 1.80. The number of anilines is 1. The number of morpholine rings is 1. The minimum absolute atomic E-state index is 0.218. The first kappa shape index (κ1) is 23.9. The molecule has 29 heavy (non-hydrogen) atoms. The molecule has 1 aliphatic heterocycles. The summed E-state index contributed by atoms with van der Waals surface area (Å²) in [5.74, 6) is 0.440. The molecule has 0 N–H and O–H groups in total. The van der Waals surface area contributed by atoms with Gasteiger partial charge in [-0.3, -0.25) is 4.79 Å².